The van der Waals surface area contributed by atoms with Crippen LogP contribution >= 0.6 is 0 Å². The Morgan fingerprint density at radius 2 is 0.897 bits per heavy atom. The zero-order chi connectivity index (χ0) is 38.4. The average molecular weight is 738 g/mol. The lowest BCUT2D eigenvalue weighted by Crippen LogP contribution is -2.25. The van der Waals surface area contributed by atoms with Crippen molar-refractivity contribution in [1.29, 1.82) is 5.26 Å². The lowest BCUT2D eigenvalue weighted by Gasteiger charge is -2.30. The van der Waals surface area contributed by atoms with E-state index in [1.54, 1.807) is 0 Å². The predicted octanol–water partition coefficient (Wildman–Crippen LogP) is 12.2. The molecule has 268 valence electrons. The Kier molecular flexibility index (Phi) is 6.84. The Labute approximate surface area is 334 Å². The van der Waals surface area contributed by atoms with Crippen LogP contribution in [0, 0.1) is 11.3 Å². The summed E-state index contributed by atoms with van der Waals surface area (Å²) in [5.41, 5.74) is 16.4. The van der Waals surface area contributed by atoms with Crippen molar-refractivity contribution < 1.29 is 0 Å². The molecule has 0 unspecified atom stereocenters. The molecule has 12 rings (SSSR count). The number of fused-ring (bicyclic) bond motifs is 13. The minimum absolute atomic E-state index is 0.443. The number of hydrogen-bond donors (Lipinski definition) is 0. The van der Waals surface area contributed by atoms with Gasteiger partial charge < -0.3 is 0 Å². The standard InChI is InChI=1S/C53H31N5/c54-32-33-22-24-34(25-23-33)35-26-28-37(29-27-35)51-55-50(36-12-2-1-3-13-36)56-52(57-51)58-48-21-11-7-17-41(48)43-30-47-42(31-49(43)58)40-16-6-10-20-46(40)53(47)44-18-8-4-14-38(44)39-15-5-9-19-45(39)53/h1-31H. The molecule has 2 aromatic heterocycles. The number of nitriles is 1. The highest BCUT2D eigenvalue weighted by Crippen LogP contribution is 2.63. The maximum absolute atomic E-state index is 9.29. The van der Waals surface area contributed by atoms with E-state index >= 15 is 0 Å². The molecule has 0 amide bonds. The van der Waals surface area contributed by atoms with Gasteiger partial charge in [0.05, 0.1) is 28.1 Å². The zero-order valence-corrected chi connectivity index (χ0v) is 31.1. The fourth-order valence-electron chi connectivity index (χ4n) is 9.63. The minimum atomic E-state index is -0.443. The molecule has 5 heteroatoms. The van der Waals surface area contributed by atoms with Crippen LogP contribution in [-0.4, -0.2) is 19.5 Å². The van der Waals surface area contributed by atoms with Gasteiger partial charge in [-0.05, 0) is 86.0 Å². The Morgan fingerprint density at radius 1 is 0.397 bits per heavy atom. The molecule has 2 aliphatic rings. The van der Waals surface area contributed by atoms with Crippen LogP contribution in [0.25, 0.3) is 83.9 Å². The maximum atomic E-state index is 9.29. The van der Waals surface area contributed by atoms with Crippen LogP contribution < -0.4 is 0 Å². The van der Waals surface area contributed by atoms with Gasteiger partial charge >= 0.3 is 0 Å². The molecule has 0 bridgehead atoms. The SMILES string of the molecule is N#Cc1ccc(-c2ccc(-c3nc(-c4ccccc4)nc(-n4c5ccccc5c5cc6c(cc54)-c4ccccc4C64c5ccccc5-c5ccccc54)n3)cc2)cc1. The first-order chi connectivity index (χ1) is 28.7. The zero-order valence-electron chi connectivity index (χ0n) is 31.1. The largest absolute Gasteiger partial charge is 0.278 e. The summed E-state index contributed by atoms with van der Waals surface area (Å²) in [5, 5.41) is 11.6. The third-order valence-electron chi connectivity index (χ3n) is 12.1. The van der Waals surface area contributed by atoms with Crippen LogP contribution in [-0.2, 0) is 5.41 Å². The van der Waals surface area contributed by atoms with Gasteiger partial charge in [0, 0.05) is 21.9 Å². The quantitative estimate of drug-likeness (QED) is 0.180. The fourth-order valence-corrected chi connectivity index (χ4v) is 9.63. The predicted molar refractivity (Wildman–Crippen MR) is 231 cm³/mol. The first kappa shape index (κ1) is 32.3. The summed E-state index contributed by atoms with van der Waals surface area (Å²) in [6.45, 7) is 0. The van der Waals surface area contributed by atoms with E-state index in [4.69, 9.17) is 15.0 Å². The van der Waals surface area contributed by atoms with Gasteiger partial charge in [-0.25, -0.2) is 4.98 Å². The van der Waals surface area contributed by atoms with E-state index in [1.807, 2.05) is 54.6 Å². The summed E-state index contributed by atoms with van der Waals surface area (Å²) in [4.78, 5) is 15.6. The molecule has 2 aliphatic carbocycles. The summed E-state index contributed by atoms with van der Waals surface area (Å²) >= 11 is 0. The molecule has 1 spiro atoms. The molecule has 2 heterocycles. The fraction of sp³-hybridized carbons (Fsp3) is 0.0189. The Bertz CT molecular complexity index is 3290. The number of aromatic nitrogens is 4. The van der Waals surface area contributed by atoms with Gasteiger partial charge in [0.1, 0.15) is 0 Å². The summed E-state index contributed by atoms with van der Waals surface area (Å²) in [6.07, 6.45) is 0. The van der Waals surface area contributed by atoms with Crippen LogP contribution in [0.15, 0.2) is 188 Å². The van der Waals surface area contributed by atoms with Gasteiger partial charge in [-0.3, -0.25) is 4.57 Å². The third kappa shape index (κ3) is 4.48. The van der Waals surface area contributed by atoms with Crippen LogP contribution in [0.4, 0.5) is 0 Å². The summed E-state index contributed by atoms with van der Waals surface area (Å²) in [7, 11) is 0. The summed E-state index contributed by atoms with van der Waals surface area (Å²) < 4.78 is 2.22. The monoisotopic (exact) mass is 737 g/mol. The number of hydrogen-bond acceptors (Lipinski definition) is 4. The van der Waals surface area contributed by atoms with E-state index in [1.165, 1.54) is 44.5 Å². The lowest BCUT2D eigenvalue weighted by atomic mass is 9.70. The van der Waals surface area contributed by atoms with E-state index in [0.29, 0.717) is 23.2 Å². The van der Waals surface area contributed by atoms with Crippen molar-refractivity contribution in [3.63, 3.8) is 0 Å². The molecule has 0 saturated heterocycles. The molecule has 0 atom stereocenters. The van der Waals surface area contributed by atoms with Crippen molar-refractivity contribution in [2.75, 3.05) is 0 Å². The van der Waals surface area contributed by atoms with Gasteiger partial charge in [0.15, 0.2) is 11.6 Å². The first-order valence-corrected chi connectivity index (χ1v) is 19.5. The van der Waals surface area contributed by atoms with Crippen molar-refractivity contribution >= 4 is 21.8 Å². The highest BCUT2D eigenvalue weighted by atomic mass is 15.2. The van der Waals surface area contributed by atoms with E-state index in [2.05, 4.69) is 144 Å². The Balaban J connectivity index is 1.11. The van der Waals surface area contributed by atoms with Gasteiger partial charge in [0.2, 0.25) is 5.95 Å². The van der Waals surface area contributed by atoms with E-state index < -0.39 is 5.41 Å². The number of rotatable bonds is 4. The smallest absolute Gasteiger partial charge is 0.238 e. The molecule has 0 N–H and O–H groups in total. The van der Waals surface area contributed by atoms with E-state index in [0.717, 1.165) is 44.1 Å². The van der Waals surface area contributed by atoms with Crippen LogP contribution in [0.5, 0.6) is 0 Å². The van der Waals surface area contributed by atoms with Crippen molar-refractivity contribution in [3.05, 3.63) is 216 Å². The molecule has 0 aliphatic heterocycles. The molecule has 0 saturated carbocycles. The number of nitrogens with zero attached hydrogens (tertiary/aromatic N) is 5. The van der Waals surface area contributed by atoms with Crippen LogP contribution in [0.1, 0.15) is 27.8 Å². The molecule has 58 heavy (non-hydrogen) atoms. The van der Waals surface area contributed by atoms with Gasteiger partial charge in [-0.2, -0.15) is 15.2 Å². The van der Waals surface area contributed by atoms with Gasteiger partial charge in [-0.1, -0.05) is 158 Å². The second-order valence-corrected chi connectivity index (χ2v) is 15.1. The van der Waals surface area contributed by atoms with Crippen LogP contribution in [0.3, 0.4) is 0 Å². The van der Waals surface area contributed by atoms with E-state index in [-0.39, 0.29) is 0 Å². The molecule has 10 aromatic rings. The minimum Gasteiger partial charge on any atom is -0.278 e. The molecule has 8 aromatic carbocycles. The summed E-state index contributed by atoms with van der Waals surface area (Å²) in [5.74, 6) is 1.75. The highest BCUT2D eigenvalue weighted by Gasteiger charge is 2.51. The average Bonchev–Trinajstić information content (AvgIpc) is 3.90. The van der Waals surface area contributed by atoms with Crippen LogP contribution in [0.2, 0.25) is 0 Å². The lowest BCUT2D eigenvalue weighted by molar-refractivity contribution is 0.795. The Morgan fingerprint density at radius 3 is 1.52 bits per heavy atom. The topological polar surface area (TPSA) is 67.4 Å². The van der Waals surface area contributed by atoms with Gasteiger partial charge in [0.25, 0.3) is 0 Å². The maximum Gasteiger partial charge on any atom is 0.238 e. The normalized spacial score (nSPS) is 12.9. The van der Waals surface area contributed by atoms with Gasteiger partial charge in [-0.15, -0.1) is 0 Å². The third-order valence-corrected chi connectivity index (χ3v) is 12.1. The molecular weight excluding hydrogens is 707 g/mol. The van der Waals surface area contributed by atoms with Crippen molar-refractivity contribution in [3.8, 4) is 68.2 Å². The highest BCUT2D eigenvalue weighted by molar-refractivity contribution is 6.12. The second-order valence-electron chi connectivity index (χ2n) is 15.1. The van der Waals surface area contributed by atoms with Crippen molar-refractivity contribution in [2.24, 2.45) is 0 Å². The molecule has 0 fully saturated rings. The van der Waals surface area contributed by atoms with Crippen molar-refractivity contribution in [1.82, 2.24) is 19.5 Å². The molecular formula is C53H31N5. The summed E-state index contributed by atoms with van der Waals surface area (Å²) in [6, 6.07) is 68.5. The van der Waals surface area contributed by atoms with Crippen molar-refractivity contribution in [2.45, 2.75) is 5.41 Å². The molecule has 5 nitrogen and oxygen atoms in total. The first-order valence-electron chi connectivity index (χ1n) is 19.5. The number of benzene rings is 8. The Hall–Kier alpha value is -7.94. The second kappa shape index (κ2) is 12.3. The van der Waals surface area contributed by atoms with E-state index in [9.17, 15) is 5.26 Å². The number of para-hydroxylation sites is 1. The molecule has 0 radical (unpaired) electrons.